The first kappa shape index (κ1) is 15.9. The summed E-state index contributed by atoms with van der Waals surface area (Å²) >= 11 is 0. The Morgan fingerprint density at radius 3 is 2.68 bits per heavy atom. The monoisotopic (exact) mass is 339 g/mol. The standard InChI is InChI=1S/C19H21N3O3/c1-21-17-13(12-6-3-2-4-7-12)8-5-9-14(17)22(19(21)25)15-10-11-16(23)20-18(15)24/h5-6,8-9,15H,2-4,7,10-11H2,1H3,(H,20,23,24). The molecule has 6 nitrogen and oxygen atoms in total. The third-order valence-corrected chi connectivity index (χ3v) is 5.26. The molecule has 0 radical (unpaired) electrons. The molecule has 25 heavy (non-hydrogen) atoms. The number of amides is 2. The molecule has 2 amide bonds. The molecule has 2 heterocycles. The summed E-state index contributed by atoms with van der Waals surface area (Å²) < 4.78 is 3.17. The highest BCUT2D eigenvalue weighted by atomic mass is 16.2. The van der Waals surface area contributed by atoms with Crippen LogP contribution in [0, 0.1) is 0 Å². The van der Waals surface area contributed by atoms with E-state index in [9.17, 15) is 14.4 Å². The number of imidazole rings is 1. The normalized spacial score (nSPS) is 21.3. The Labute approximate surface area is 145 Å². The molecule has 1 fully saturated rings. The molecule has 6 heteroatoms. The van der Waals surface area contributed by atoms with Gasteiger partial charge < -0.3 is 0 Å². The molecule has 1 saturated heterocycles. The van der Waals surface area contributed by atoms with Crippen LogP contribution in [0.15, 0.2) is 29.1 Å². The third-order valence-electron chi connectivity index (χ3n) is 5.26. The van der Waals surface area contributed by atoms with E-state index in [1.807, 2.05) is 18.2 Å². The van der Waals surface area contributed by atoms with Crippen LogP contribution in [0.25, 0.3) is 16.6 Å². The van der Waals surface area contributed by atoms with E-state index in [1.165, 1.54) is 12.0 Å². The fraction of sp³-hybridized carbons (Fsp3) is 0.421. The number of hydrogen-bond acceptors (Lipinski definition) is 3. The summed E-state index contributed by atoms with van der Waals surface area (Å²) in [6.07, 6.45) is 7.30. The number of carbonyl (C=O) groups is 2. The first-order chi connectivity index (χ1) is 12.1. The van der Waals surface area contributed by atoms with E-state index < -0.39 is 11.9 Å². The average Bonchev–Trinajstić information content (AvgIpc) is 2.87. The van der Waals surface area contributed by atoms with Gasteiger partial charge in [-0.2, -0.15) is 0 Å². The van der Waals surface area contributed by atoms with Crippen LogP contribution in [0.2, 0.25) is 0 Å². The van der Waals surface area contributed by atoms with E-state index in [2.05, 4.69) is 11.4 Å². The number of carbonyl (C=O) groups excluding carboxylic acids is 2. The van der Waals surface area contributed by atoms with E-state index in [-0.39, 0.29) is 18.0 Å². The molecule has 2 aromatic rings. The van der Waals surface area contributed by atoms with Crippen molar-refractivity contribution in [2.45, 2.75) is 44.6 Å². The predicted molar refractivity (Wildman–Crippen MR) is 95.0 cm³/mol. The fourth-order valence-corrected chi connectivity index (χ4v) is 4.01. The number of fused-ring (bicyclic) bond motifs is 1. The molecule has 1 atom stereocenters. The Bertz CT molecular complexity index is 964. The number of hydrogen-bond donors (Lipinski definition) is 1. The molecule has 2 aliphatic rings. The third kappa shape index (κ3) is 2.52. The highest BCUT2D eigenvalue weighted by Crippen LogP contribution is 2.32. The van der Waals surface area contributed by atoms with Gasteiger partial charge in [-0.25, -0.2) is 4.79 Å². The van der Waals surface area contributed by atoms with Crippen LogP contribution in [0.3, 0.4) is 0 Å². The average molecular weight is 339 g/mol. The largest absolute Gasteiger partial charge is 0.329 e. The Balaban J connectivity index is 1.91. The lowest BCUT2D eigenvalue weighted by Gasteiger charge is -2.22. The lowest BCUT2D eigenvalue weighted by atomic mass is 9.93. The Morgan fingerprint density at radius 2 is 1.96 bits per heavy atom. The van der Waals surface area contributed by atoms with E-state index in [0.717, 1.165) is 35.9 Å². The van der Waals surface area contributed by atoms with Gasteiger partial charge in [-0.3, -0.25) is 24.0 Å². The summed E-state index contributed by atoms with van der Waals surface area (Å²) in [4.78, 5) is 36.6. The van der Waals surface area contributed by atoms with Crippen molar-refractivity contribution in [3.63, 3.8) is 0 Å². The van der Waals surface area contributed by atoms with Crippen LogP contribution >= 0.6 is 0 Å². The molecule has 0 bridgehead atoms. The first-order valence-electron chi connectivity index (χ1n) is 8.81. The van der Waals surface area contributed by atoms with Crippen molar-refractivity contribution < 1.29 is 9.59 Å². The molecule has 1 aromatic heterocycles. The van der Waals surface area contributed by atoms with Gasteiger partial charge in [0.25, 0.3) is 0 Å². The minimum atomic E-state index is -0.635. The minimum Gasteiger partial charge on any atom is -0.295 e. The van der Waals surface area contributed by atoms with E-state index in [1.54, 1.807) is 16.2 Å². The number of aryl methyl sites for hydroxylation is 1. The molecule has 1 unspecified atom stereocenters. The Morgan fingerprint density at radius 1 is 1.12 bits per heavy atom. The second-order valence-electron chi connectivity index (χ2n) is 6.83. The zero-order chi connectivity index (χ0) is 17.6. The van der Waals surface area contributed by atoms with Gasteiger partial charge in [0.2, 0.25) is 11.8 Å². The van der Waals surface area contributed by atoms with E-state index in [4.69, 9.17) is 0 Å². The van der Waals surface area contributed by atoms with Gasteiger partial charge >= 0.3 is 5.69 Å². The van der Waals surface area contributed by atoms with Gasteiger partial charge in [0.05, 0.1) is 11.0 Å². The lowest BCUT2D eigenvalue weighted by molar-refractivity contribution is -0.135. The van der Waals surface area contributed by atoms with Gasteiger partial charge in [-0.05, 0) is 43.7 Å². The predicted octanol–water partition coefficient (Wildman–Crippen LogP) is 2.28. The number of aromatic nitrogens is 2. The highest BCUT2D eigenvalue weighted by molar-refractivity contribution is 6.00. The number of allylic oxidation sites excluding steroid dienone is 2. The highest BCUT2D eigenvalue weighted by Gasteiger charge is 2.31. The molecule has 1 N–H and O–H groups in total. The lowest BCUT2D eigenvalue weighted by Crippen LogP contribution is -2.44. The van der Waals surface area contributed by atoms with Crippen molar-refractivity contribution in [1.29, 1.82) is 0 Å². The molecule has 1 aliphatic carbocycles. The molecular formula is C19H21N3O3. The summed E-state index contributed by atoms with van der Waals surface area (Å²) in [6, 6.07) is 5.24. The van der Waals surface area contributed by atoms with E-state index >= 15 is 0 Å². The number of imide groups is 1. The summed E-state index contributed by atoms with van der Waals surface area (Å²) in [6.45, 7) is 0. The van der Waals surface area contributed by atoms with E-state index in [0.29, 0.717) is 6.42 Å². The van der Waals surface area contributed by atoms with Crippen LogP contribution < -0.4 is 11.0 Å². The Kier molecular flexibility index (Phi) is 3.82. The van der Waals surface area contributed by atoms with Crippen LogP contribution in [0.5, 0.6) is 0 Å². The molecule has 4 rings (SSSR count). The van der Waals surface area contributed by atoms with Crippen LogP contribution in [0.4, 0.5) is 0 Å². The maximum Gasteiger partial charge on any atom is 0.329 e. The zero-order valence-electron chi connectivity index (χ0n) is 14.2. The van der Waals surface area contributed by atoms with Gasteiger partial charge in [0.1, 0.15) is 6.04 Å². The summed E-state index contributed by atoms with van der Waals surface area (Å²) in [5, 5.41) is 2.35. The fourth-order valence-electron chi connectivity index (χ4n) is 4.01. The number of para-hydroxylation sites is 1. The number of rotatable bonds is 2. The SMILES string of the molecule is Cn1c(=O)n(C2CCC(=O)NC2=O)c2cccc(C3=CCCCC3)c21. The van der Waals surface area contributed by atoms with Crippen LogP contribution in [-0.2, 0) is 16.6 Å². The minimum absolute atomic E-state index is 0.214. The molecule has 130 valence electrons. The van der Waals surface area contributed by atoms with Crippen molar-refractivity contribution in [2.24, 2.45) is 7.05 Å². The smallest absolute Gasteiger partial charge is 0.295 e. The van der Waals surface area contributed by atoms with Gasteiger partial charge in [0.15, 0.2) is 0 Å². The number of piperidine rings is 1. The maximum atomic E-state index is 12.9. The van der Waals surface area contributed by atoms with Crippen molar-refractivity contribution in [3.05, 3.63) is 40.3 Å². The van der Waals surface area contributed by atoms with Crippen LogP contribution in [-0.4, -0.2) is 20.9 Å². The topological polar surface area (TPSA) is 73.1 Å². The number of benzene rings is 1. The van der Waals surface area contributed by atoms with Gasteiger partial charge in [-0.1, -0.05) is 18.2 Å². The van der Waals surface area contributed by atoms with Crippen molar-refractivity contribution >= 4 is 28.4 Å². The summed E-state index contributed by atoms with van der Waals surface area (Å²) in [7, 11) is 1.75. The maximum absolute atomic E-state index is 12.9. The Hall–Kier alpha value is -2.63. The van der Waals surface area contributed by atoms with Crippen molar-refractivity contribution in [3.8, 4) is 0 Å². The first-order valence-corrected chi connectivity index (χ1v) is 8.81. The van der Waals surface area contributed by atoms with Gasteiger partial charge in [0, 0.05) is 19.0 Å². The number of nitrogens with one attached hydrogen (secondary N) is 1. The second kappa shape index (κ2) is 6.02. The summed E-state index contributed by atoms with van der Waals surface area (Å²) in [5.41, 5.74) is 3.75. The second-order valence-corrected chi connectivity index (χ2v) is 6.83. The summed E-state index contributed by atoms with van der Waals surface area (Å²) in [5.74, 6) is -0.671. The number of nitrogens with zero attached hydrogens (tertiary/aromatic N) is 2. The zero-order valence-corrected chi connectivity index (χ0v) is 14.2. The molecule has 1 aromatic carbocycles. The molecule has 1 aliphatic heterocycles. The van der Waals surface area contributed by atoms with Crippen molar-refractivity contribution in [1.82, 2.24) is 14.5 Å². The van der Waals surface area contributed by atoms with Crippen molar-refractivity contribution in [2.75, 3.05) is 0 Å². The van der Waals surface area contributed by atoms with Gasteiger partial charge in [-0.15, -0.1) is 0 Å². The van der Waals surface area contributed by atoms with Crippen LogP contribution in [0.1, 0.15) is 50.1 Å². The molecule has 0 spiro atoms. The molecular weight excluding hydrogens is 318 g/mol. The quantitative estimate of drug-likeness (QED) is 0.853. The molecule has 0 saturated carbocycles.